The molecule has 1 N–H and O–H groups in total. The van der Waals surface area contributed by atoms with Gasteiger partial charge in [-0.2, -0.15) is 8.78 Å². The quantitative estimate of drug-likeness (QED) is 0.637. The summed E-state index contributed by atoms with van der Waals surface area (Å²) in [6.45, 7) is -2.96. The van der Waals surface area contributed by atoms with E-state index in [0.29, 0.717) is 16.3 Å². The van der Waals surface area contributed by atoms with Gasteiger partial charge in [0.2, 0.25) is 0 Å². The van der Waals surface area contributed by atoms with E-state index in [1.54, 1.807) is 42.5 Å². The van der Waals surface area contributed by atoms with Gasteiger partial charge in [-0.1, -0.05) is 35.9 Å². The number of carbonyl (C=O) groups is 1. The van der Waals surface area contributed by atoms with Crippen LogP contribution in [-0.2, 0) is 4.79 Å². The summed E-state index contributed by atoms with van der Waals surface area (Å²) >= 11 is 11.1. The number of nitrogens with zero attached hydrogens (tertiary/aromatic N) is 1. The number of carbonyl (C=O) groups excluding carboxylic acids is 1. The number of halogens is 3. The van der Waals surface area contributed by atoms with Crippen molar-refractivity contribution in [3.05, 3.63) is 64.8 Å². The van der Waals surface area contributed by atoms with Crippen LogP contribution in [0.25, 0.3) is 6.08 Å². The average molecular weight is 381 g/mol. The highest BCUT2D eigenvalue weighted by atomic mass is 35.5. The monoisotopic (exact) mass is 380 g/mol. The van der Waals surface area contributed by atoms with Gasteiger partial charge < -0.3 is 10.1 Å². The second kappa shape index (κ2) is 7.16. The van der Waals surface area contributed by atoms with Crippen LogP contribution in [0, 0.1) is 0 Å². The normalized spacial score (nSPS) is 15.8. The zero-order valence-electron chi connectivity index (χ0n) is 12.6. The molecule has 1 aliphatic rings. The van der Waals surface area contributed by atoms with Crippen LogP contribution in [0.5, 0.6) is 5.75 Å². The van der Waals surface area contributed by atoms with Gasteiger partial charge in [0, 0.05) is 10.6 Å². The van der Waals surface area contributed by atoms with Crippen molar-refractivity contribution in [3.63, 3.8) is 0 Å². The van der Waals surface area contributed by atoms with Gasteiger partial charge in [0.25, 0.3) is 5.91 Å². The van der Waals surface area contributed by atoms with E-state index in [-0.39, 0.29) is 16.6 Å². The number of amides is 1. The first-order chi connectivity index (χ1) is 12.0. The Balaban J connectivity index is 1.94. The van der Waals surface area contributed by atoms with Crippen LogP contribution in [-0.4, -0.2) is 17.6 Å². The molecule has 0 atom stereocenters. The summed E-state index contributed by atoms with van der Waals surface area (Å²) in [4.78, 5) is 13.9. The van der Waals surface area contributed by atoms with Crippen molar-refractivity contribution in [2.45, 2.75) is 6.61 Å². The number of thiocarbonyl (C=S) groups is 1. The third kappa shape index (κ3) is 3.78. The highest BCUT2D eigenvalue weighted by molar-refractivity contribution is 7.80. The molecule has 0 unspecified atom stereocenters. The van der Waals surface area contributed by atoms with Gasteiger partial charge in [-0.25, -0.2) is 0 Å². The zero-order chi connectivity index (χ0) is 18.0. The van der Waals surface area contributed by atoms with E-state index in [9.17, 15) is 13.6 Å². The Morgan fingerprint density at radius 2 is 1.96 bits per heavy atom. The number of hydrogen-bond acceptors (Lipinski definition) is 3. The van der Waals surface area contributed by atoms with E-state index in [0.717, 1.165) is 0 Å². The predicted molar refractivity (Wildman–Crippen MR) is 95.7 cm³/mol. The van der Waals surface area contributed by atoms with E-state index in [4.69, 9.17) is 23.8 Å². The van der Waals surface area contributed by atoms with Gasteiger partial charge in [0.05, 0.1) is 5.69 Å². The molecule has 2 aromatic carbocycles. The summed E-state index contributed by atoms with van der Waals surface area (Å²) in [5.74, 6) is -0.453. The summed E-state index contributed by atoms with van der Waals surface area (Å²) in [5.41, 5.74) is 0.986. The number of alkyl halides is 2. The molecule has 3 rings (SSSR count). The summed E-state index contributed by atoms with van der Waals surface area (Å²) in [6.07, 6.45) is 1.41. The molecular formula is C17H11ClF2N2O2S. The van der Waals surface area contributed by atoms with E-state index in [1.807, 2.05) is 0 Å². The predicted octanol–water partition coefficient (Wildman–Crippen LogP) is 4.20. The van der Waals surface area contributed by atoms with Crippen LogP contribution in [0.2, 0.25) is 5.02 Å². The first kappa shape index (κ1) is 17.3. The smallest absolute Gasteiger partial charge is 0.387 e. The van der Waals surface area contributed by atoms with Crippen LogP contribution in [0.3, 0.4) is 0 Å². The highest BCUT2D eigenvalue weighted by Gasteiger charge is 2.32. The lowest BCUT2D eigenvalue weighted by Crippen LogP contribution is -2.30. The highest BCUT2D eigenvalue weighted by Crippen LogP contribution is 2.27. The van der Waals surface area contributed by atoms with Crippen LogP contribution >= 0.6 is 23.8 Å². The summed E-state index contributed by atoms with van der Waals surface area (Å²) < 4.78 is 29.5. The minimum absolute atomic E-state index is 0.0354. The van der Waals surface area contributed by atoms with Crippen molar-refractivity contribution < 1.29 is 18.3 Å². The number of ether oxygens (including phenoxy) is 1. The third-order valence-corrected chi connectivity index (χ3v) is 3.90. The summed E-state index contributed by atoms with van der Waals surface area (Å²) in [7, 11) is 0. The Morgan fingerprint density at radius 3 is 2.68 bits per heavy atom. The second-order valence-electron chi connectivity index (χ2n) is 5.02. The summed E-state index contributed by atoms with van der Waals surface area (Å²) in [5, 5.41) is 3.41. The lowest BCUT2D eigenvalue weighted by atomic mass is 10.1. The lowest BCUT2D eigenvalue weighted by Gasteiger charge is -2.14. The Bertz CT molecular complexity index is 873. The molecule has 1 amide bonds. The molecule has 0 radical (unpaired) electrons. The van der Waals surface area contributed by atoms with E-state index in [2.05, 4.69) is 10.1 Å². The lowest BCUT2D eigenvalue weighted by molar-refractivity contribution is -0.113. The molecule has 1 aliphatic heterocycles. The van der Waals surface area contributed by atoms with Crippen LogP contribution in [0.4, 0.5) is 14.5 Å². The van der Waals surface area contributed by atoms with Gasteiger partial charge >= 0.3 is 6.61 Å². The van der Waals surface area contributed by atoms with Crippen molar-refractivity contribution in [1.82, 2.24) is 5.32 Å². The molecule has 0 saturated carbocycles. The number of para-hydroxylation sites is 1. The number of anilines is 1. The molecule has 1 fully saturated rings. The number of nitrogens with one attached hydrogen (secondary N) is 1. The molecule has 0 aliphatic carbocycles. The van der Waals surface area contributed by atoms with Crippen LogP contribution in [0.1, 0.15) is 5.56 Å². The third-order valence-electron chi connectivity index (χ3n) is 3.38. The topological polar surface area (TPSA) is 41.6 Å². The fraction of sp³-hybridized carbons (Fsp3) is 0.0588. The Hall–Kier alpha value is -2.51. The Morgan fingerprint density at radius 1 is 1.20 bits per heavy atom. The fourth-order valence-electron chi connectivity index (χ4n) is 2.34. The largest absolute Gasteiger partial charge is 0.434 e. The minimum Gasteiger partial charge on any atom is -0.434 e. The van der Waals surface area contributed by atoms with Crippen molar-refractivity contribution >= 4 is 46.6 Å². The molecule has 25 heavy (non-hydrogen) atoms. The van der Waals surface area contributed by atoms with Crippen molar-refractivity contribution in [2.24, 2.45) is 0 Å². The Kier molecular flexibility index (Phi) is 4.96. The molecule has 8 heteroatoms. The molecule has 0 spiro atoms. The van der Waals surface area contributed by atoms with E-state index >= 15 is 0 Å². The maximum atomic E-state index is 12.6. The van der Waals surface area contributed by atoms with Crippen molar-refractivity contribution in [2.75, 3.05) is 4.90 Å². The number of benzene rings is 2. The molecule has 0 bridgehead atoms. The van der Waals surface area contributed by atoms with Crippen LogP contribution < -0.4 is 15.0 Å². The van der Waals surface area contributed by atoms with Gasteiger partial charge in [-0.15, -0.1) is 0 Å². The van der Waals surface area contributed by atoms with Gasteiger partial charge in [-0.3, -0.25) is 9.69 Å². The average Bonchev–Trinajstić information content (AvgIpc) is 2.83. The molecule has 1 saturated heterocycles. The maximum absolute atomic E-state index is 12.6. The van der Waals surface area contributed by atoms with Crippen molar-refractivity contribution in [3.8, 4) is 5.75 Å². The fourth-order valence-corrected chi connectivity index (χ4v) is 2.83. The molecule has 0 aromatic heterocycles. The van der Waals surface area contributed by atoms with E-state index < -0.39 is 12.5 Å². The SMILES string of the molecule is O=C1/C(=C/c2ccccc2OC(F)F)NC(=S)N1c1cccc(Cl)c1. The molecule has 4 nitrogen and oxygen atoms in total. The molecule has 128 valence electrons. The van der Waals surface area contributed by atoms with Gasteiger partial charge in [0.1, 0.15) is 11.4 Å². The van der Waals surface area contributed by atoms with Crippen molar-refractivity contribution in [1.29, 1.82) is 0 Å². The molecule has 2 aromatic rings. The zero-order valence-corrected chi connectivity index (χ0v) is 14.2. The summed E-state index contributed by atoms with van der Waals surface area (Å²) in [6, 6.07) is 12.8. The van der Waals surface area contributed by atoms with Crippen LogP contribution in [0.15, 0.2) is 54.2 Å². The Labute approximate surface area is 152 Å². The minimum atomic E-state index is -2.96. The van der Waals surface area contributed by atoms with Gasteiger partial charge in [0.15, 0.2) is 5.11 Å². The second-order valence-corrected chi connectivity index (χ2v) is 5.85. The first-order valence-corrected chi connectivity index (χ1v) is 7.91. The van der Waals surface area contributed by atoms with Gasteiger partial charge in [-0.05, 0) is 42.6 Å². The number of hydrogen-bond donors (Lipinski definition) is 1. The maximum Gasteiger partial charge on any atom is 0.387 e. The number of rotatable bonds is 4. The molecule has 1 heterocycles. The molecular weight excluding hydrogens is 370 g/mol. The standard InChI is InChI=1S/C17H11ClF2N2O2S/c18-11-5-3-6-12(9-11)22-15(23)13(21-17(22)25)8-10-4-1-2-7-14(10)24-16(19)20/h1-9,16H,(H,21,25)/b13-8-. The van der Waals surface area contributed by atoms with E-state index in [1.165, 1.54) is 17.0 Å². The first-order valence-electron chi connectivity index (χ1n) is 7.12.